The van der Waals surface area contributed by atoms with Gasteiger partial charge in [0.2, 0.25) is 5.78 Å². The molecular formula is C22H22ClFN2O3. The Bertz CT molecular complexity index is 964. The highest BCUT2D eigenvalue weighted by atomic mass is 35.5. The Balaban J connectivity index is 1.62. The van der Waals surface area contributed by atoms with E-state index in [0.717, 1.165) is 32.7 Å². The van der Waals surface area contributed by atoms with E-state index in [1.165, 1.54) is 30.3 Å². The quantitative estimate of drug-likeness (QED) is 0.765. The average Bonchev–Trinajstić information content (AvgIpc) is 3.03. The number of likely N-dealkylation sites (N-methyl/N-ethyl adjacent to an activating group) is 1. The van der Waals surface area contributed by atoms with Gasteiger partial charge in [-0.1, -0.05) is 24.6 Å². The lowest BCUT2D eigenvalue weighted by Gasteiger charge is -2.34. The molecule has 0 atom stereocenters. The zero-order valence-electron chi connectivity index (χ0n) is 16.1. The van der Waals surface area contributed by atoms with Crippen LogP contribution in [-0.2, 0) is 6.54 Å². The number of piperazine rings is 1. The molecule has 0 bridgehead atoms. The maximum Gasteiger partial charge on any atom is 0.231 e. The van der Waals surface area contributed by atoms with Crippen LogP contribution in [0.15, 0.2) is 36.1 Å². The lowest BCUT2D eigenvalue weighted by molar-refractivity contribution is 0.101. The van der Waals surface area contributed by atoms with E-state index in [0.29, 0.717) is 23.4 Å². The molecule has 5 nitrogen and oxygen atoms in total. The Morgan fingerprint density at radius 3 is 2.59 bits per heavy atom. The summed E-state index contributed by atoms with van der Waals surface area (Å²) in [6.07, 6.45) is 1.32. The van der Waals surface area contributed by atoms with Crippen molar-refractivity contribution < 1.29 is 19.0 Å². The first-order valence-corrected chi connectivity index (χ1v) is 10.0. The van der Waals surface area contributed by atoms with Gasteiger partial charge in [-0.2, -0.15) is 0 Å². The summed E-state index contributed by atoms with van der Waals surface area (Å²) in [5.74, 6) is -0.466. The maximum absolute atomic E-state index is 14.1. The molecule has 152 valence electrons. The summed E-state index contributed by atoms with van der Waals surface area (Å²) in [7, 11) is 0. The number of aromatic hydroxyl groups is 1. The number of phenols is 1. The van der Waals surface area contributed by atoms with E-state index >= 15 is 0 Å². The van der Waals surface area contributed by atoms with Gasteiger partial charge >= 0.3 is 0 Å². The molecule has 2 aromatic rings. The first-order chi connectivity index (χ1) is 14.0. The van der Waals surface area contributed by atoms with Gasteiger partial charge in [-0.3, -0.25) is 9.69 Å². The number of hydrogen-bond acceptors (Lipinski definition) is 5. The number of carbonyl (C=O) groups excluding carboxylic acids is 1. The van der Waals surface area contributed by atoms with Crippen molar-refractivity contribution >= 4 is 23.5 Å². The van der Waals surface area contributed by atoms with Crippen molar-refractivity contribution in [3.63, 3.8) is 0 Å². The van der Waals surface area contributed by atoms with Crippen molar-refractivity contribution in [2.24, 2.45) is 0 Å². The summed E-state index contributed by atoms with van der Waals surface area (Å²) in [5.41, 5.74) is 1.04. The van der Waals surface area contributed by atoms with Crippen LogP contribution in [0.25, 0.3) is 6.08 Å². The van der Waals surface area contributed by atoms with Crippen molar-refractivity contribution in [1.29, 1.82) is 0 Å². The van der Waals surface area contributed by atoms with Crippen molar-refractivity contribution in [3.05, 3.63) is 63.6 Å². The molecule has 0 radical (unpaired) electrons. The summed E-state index contributed by atoms with van der Waals surface area (Å²) in [6.45, 7) is 7.31. The second-order valence-corrected chi connectivity index (χ2v) is 7.63. The van der Waals surface area contributed by atoms with E-state index in [1.54, 1.807) is 6.07 Å². The van der Waals surface area contributed by atoms with Gasteiger partial charge < -0.3 is 14.7 Å². The lowest BCUT2D eigenvalue weighted by Crippen LogP contribution is -2.45. The van der Waals surface area contributed by atoms with Crippen LogP contribution in [0, 0.1) is 5.82 Å². The fourth-order valence-electron chi connectivity index (χ4n) is 3.72. The molecule has 2 heterocycles. The second-order valence-electron chi connectivity index (χ2n) is 7.23. The molecule has 1 fully saturated rings. The number of Topliss-reactive ketones (excluding diaryl/α,β-unsaturated/α-hetero) is 1. The molecule has 2 aliphatic rings. The normalized spacial score (nSPS) is 18.9. The van der Waals surface area contributed by atoms with Crippen LogP contribution in [0.3, 0.4) is 0 Å². The molecule has 0 unspecified atom stereocenters. The lowest BCUT2D eigenvalue weighted by atomic mass is 10.0. The van der Waals surface area contributed by atoms with Crippen LogP contribution in [-0.4, -0.2) is 53.4 Å². The third-order valence-corrected chi connectivity index (χ3v) is 5.81. The van der Waals surface area contributed by atoms with Crippen molar-refractivity contribution in [3.8, 4) is 11.5 Å². The molecule has 29 heavy (non-hydrogen) atoms. The number of allylic oxidation sites excluding steroid dienone is 1. The Morgan fingerprint density at radius 2 is 1.90 bits per heavy atom. The average molecular weight is 417 g/mol. The molecule has 2 aliphatic heterocycles. The first-order valence-electron chi connectivity index (χ1n) is 9.65. The SMILES string of the molecule is CCN1CCN(Cc2c(O)ccc3c2OC(=Cc2c(F)cccc2Cl)C3=O)CC1. The van der Waals surface area contributed by atoms with E-state index in [1.807, 2.05) is 0 Å². The van der Waals surface area contributed by atoms with Crippen molar-refractivity contribution in [1.82, 2.24) is 9.80 Å². The summed E-state index contributed by atoms with van der Waals surface area (Å²) in [5, 5.41) is 10.6. The molecule has 0 spiro atoms. The molecule has 7 heteroatoms. The number of hydrogen-bond donors (Lipinski definition) is 1. The fraction of sp³-hybridized carbons (Fsp3) is 0.318. The monoisotopic (exact) mass is 416 g/mol. The van der Waals surface area contributed by atoms with Crippen LogP contribution in [0.5, 0.6) is 11.5 Å². The van der Waals surface area contributed by atoms with Crippen LogP contribution >= 0.6 is 11.6 Å². The number of benzene rings is 2. The predicted octanol–water partition coefficient (Wildman–Crippen LogP) is 3.94. The van der Waals surface area contributed by atoms with Gasteiger partial charge in [0.25, 0.3) is 0 Å². The van der Waals surface area contributed by atoms with Crippen molar-refractivity contribution in [2.75, 3.05) is 32.7 Å². The molecule has 2 aromatic carbocycles. The highest BCUT2D eigenvalue weighted by molar-refractivity contribution is 6.32. The summed E-state index contributed by atoms with van der Waals surface area (Å²) in [6, 6.07) is 7.38. The minimum atomic E-state index is -0.533. The van der Waals surface area contributed by atoms with Crippen LogP contribution < -0.4 is 4.74 Å². The standard InChI is InChI=1S/C22H22ClFN2O3/c1-2-25-8-10-26(11-9-25)13-16-19(27)7-6-14-21(28)20(29-22(14)16)12-15-17(23)4-3-5-18(15)24/h3-7,12,27H,2,8-11,13H2,1H3. The predicted molar refractivity (Wildman–Crippen MR) is 110 cm³/mol. The summed E-state index contributed by atoms with van der Waals surface area (Å²) in [4.78, 5) is 17.4. The summed E-state index contributed by atoms with van der Waals surface area (Å²) >= 11 is 6.07. The van der Waals surface area contributed by atoms with Gasteiger partial charge in [0.05, 0.1) is 16.1 Å². The Morgan fingerprint density at radius 1 is 1.17 bits per heavy atom. The van der Waals surface area contributed by atoms with Crippen LogP contribution in [0.2, 0.25) is 5.02 Å². The number of carbonyl (C=O) groups is 1. The van der Waals surface area contributed by atoms with Gasteiger partial charge in [0.15, 0.2) is 5.76 Å². The molecule has 4 rings (SSSR count). The Labute approximate surface area is 173 Å². The van der Waals surface area contributed by atoms with Crippen LogP contribution in [0.4, 0.5) is 4.39 Å². The Kier molecular flexibility index (Phi) is 5.58. The molecule has 0 saturated carbocycles. The van der Waals surface area contributed by atoms with Crippen LogP contribution in [0.1, 0.15) is 28.4 Å². The number of fused-ring (bicyclic) bond motifs is 1. The first kappa shape index (κ1) is 19.9. The zero-order chi connectivity index (χ0) is 20.5. The van der Waals surface area contributed by atoms with E-state index in [-0.39, 0.29) is 27.9 Å². The molecular weight excluding hydrogens is 395 g/mol. The number of halogens is 2. The van der Waals surface area contributed by atoms with Gasteiger partial charge in [0, 0.05) is 38.3 Å². The van der Waals surface area contributed by atoms with E-state index in [2.05, 4.69) is 16.7 Å². The molecule has 0 aliphatic carbocycles. The third kappa shape index (κ3) is 3.88. The number of rotatable bonds is 4. The molecule has 0 aromatic heterocycles. The zero-order valence-corrected chi connectivity index (χ0v) is 16.9. The van der Waals surface area contributed by atoms with Gasteiger partial charge in [0.1, 0.15) is 17.3 Å². The molecule has 1 saturated heterocycles. The minimum Gasteiger partial charge on any atom is -0.507 e. The smallest absolute Gasteiger partial charge is 0.231 e. The number of ketones is 1. The second kappa shape index (κ2) is 8.14. The van der Waals surface area contributed by atoms with E-state index < -0.39 is 5.82 Å². The van der Waals surface area contributed by atoms with Gasteiger partial charge in [-0.25, -0.2) is 4.39 Å². The topological polar surface area (TPSA) is 53.0 Å². The third-order valence-electron chi connectivity index (χ3n) is 5.49. The summed E-state index contributed by atoms with van der Waals surface area (Å²) < 4.78 is 19.9. The number of ether oxygens (including phenoxy) is 1. The highest BCUT2D eigenvalue weighted by Gasteiger charge is 2.32. The number of nitrogens with zero attached hydrogens (tertiary/aromatic N) is 2. The van der Waals surface area contributed by atoms with E-state index in [4.69, 9.17) is 16.3 Å². The largest absolute Gasteiger partial charge is 0.507 e. The van der Waals surface area contributed by atoms with Gasteiger partial charge in [-0.05, 0) is 36.9 Å². The maximum atomic E-state index is 14.1. The van der Waals surface area contributed by atoms with E-state index in [9.17, 15) is 14.3 Å². The fourth-order valence-corrected chi connectivity index (χ4v) is 3.93. The molecule has 1 N–H and O–H groups in total. The number of phenolic OH excluding ortho intramolecular Hbond substituents is 1. The Hall–Kier alpha value is -2.41. The van der Waals surface area contributed by atoms with Gasteiger partial charge in [-0.15, -0.1) is 0 Å². The molecule has 0 amide bonds. The van der Waals surface area contributed by atoms with Crippen molar-refractivity contribution in [2.45, 2.75) is 13.5 Å². The highest BCUT2D eigenvalue weighted by Crippen LogP contribution is 2.40. The minimum absolute atomic E-state index is 0.00495.